The summed E-state index contributed by atoms with van der Waals surface area (Å²) in [6.45, 7) is 9.40. The first-order chi connectivity index (χ1) is 14.4. The number of hydrogen-bond donors (Lipinski definition) is 0. The average Bonchev–Trinajstić information content (AvgIpc) is 3.54. The first-order valence-corrected chi connectivity index (χ1v) is 13.7. The minimum atomic E-state index is 0.557. The Morgan fingerprint density at radius 2 is 0.828 bits per heavy atom. The molecule has 0 radical (unpaired) electrons. The number of hydrogen-bond acceptors (Lipinski definition) is 2. The van der Waals surface area contributed by atoms with Gasteiger partial charge in [-0.05, 0) is 25.9 Å². The highest BCUT2D eigenvalue weighted by Crippen LogP contribution is 2.15. The SMILES string of the molecule is CCCCCCCCCCCCN(CCCCCCCCCCCC)CC1CO1. The molecule has 1 atom stereocenters. The van der Waals surface area contributed by atoms with E-state index in [1.807, 2.05) is 0 Å². The zero-order valence-corrected chi connectivity index (χ0v) is 20.4. The van der Waals surface area contributed by atoms with Gasteiger partial charge in [0.1, 0.15) is 0 Å². The molecular formula is C27H55NO. The maximum absolute atomic E-state index is 5.50. The van der Waals surface area contributed by atoms with E-state index in [1.54, 1.807) is 0 Å². The van der Waals surface area contributed by atoms with Crippen LogP contribution in [0.3, 0.4) is 0 Å². The van der Waals surface area contributed by atoms with E-state index in [0.29, 0.717) is 6.10 Å². The molecule has 1 unspecified atom stereocenters. The molecule has 2 nitrogen and oxygen atoms in total. The van der Waals surface area contributed by atoms with Crippen molar-refractivity contribution in [2.45, 2.75) is 148 Å². The summed E-state index contributed by atoms with van der Waals surface area (Å²) in [6, 6.07) is 0. The molecule has 0 amide bonds. The maximum Gasteiger partial charge on any atom is 0.0936 e. The van der Waals surface area contributed by atoms with E-state index in [-0.39, 0.29) is 0 Å². The van der Waals surface area contributed by atoms with Crippen LogP contribution in [-0.4, -0.2) is 37.2 Å². The van der Waals surface area contributed by atoms with Crippen LogP contribution in [0, 0.1) is 0 Å². The Morgan fingerprint density at radius 3 is 1.14 bits per heavy atom. The van der Waals surface area contributed by atoms with Crippen molar-refractivity contribution in [1.82, 2.24) is 4.90 Å². The van der Waals surface area contributed by atoms with Gasteiger partial charge >= 0.3 is 0 Å². The summed E-state index contributed by atoms with van der Waals surface area (Å²) >= 11 is 0. The van der Waals surface area contributed by atoms with E-state index in [0.717, 1.165) is 6.61 Å². The number of ether oxygens (including phenoxy) is 1. The molecule has 1 saturated heterocycles. The number of rotatable bonds is 24. The molecule has 174 valence electrons. The molecule has 0 bridgehead atoms. The molecule has 2 heteroatoms. The first kappa shape index (κ1) is 27.0. The van der Waals surface area contributed by atoms with Gasteiger partial charge in [0, 0.05) is 6.54 Å². The molecule has 1 aliphatic heterocycles. The van der Waals surface area contributed by atoms with E-state index in [4.69, 9.17) is 4.74 Å². The van der Waals surface area contributed by atoms with Gasteiger partial charge in [-0.25, -0.2) is 0 Å². The summed E-state index contributed by atoms with van der Waals surface area (Å²) in [4.78, 5) is 2.70. The van der Waals surface area contributed by atoms with Gasteiger partial charge in [0.05, 0.1) is 12.7 Å². The van der Waals surface area contributed by atoms with Gasteiger partial charge in [0.25, 0.3) is 0 Å². The normalized spacial score (nSPS) is 16.0. The molecule has 29 heavy (non-hydrogen) atoms. The van der Waals surface area contributed by atoms with Crippen LogP contribution in [0.1, 0.15) is 142 Å². The van der Waals surface area contributed by atoms with Gasteiger partial charge in [-0.3, -0.25) is 0 Å². The molecule has 0 aromatic rings. The number of epoxide rings is 1. The Balaban J connectivity index is 1.90. The molecule has 0 aromatic carbocycles. The van der Waals surface area contributed by atoms with Gasteiger partial charge in [-0.15, -0.1) is 0 Å². The lowest BCUT2D eigenvalue weighted by Crippen LogP contribution is -2.30. The van der Waals surface area contributed by atoms with Crippen LogP contribution in [-0.2, 0) is 4.74 Å². The van der Waals surface area contributed by atoms with Crippen LogP contribution in [0.5, 0.6) is 0 Å². The second-order valence-electron chi connectivity index (χ2n) is 9.62. The third-order valence-electron chi connectivity index (χ3n) is 6.52. The summed E-state index contributed by atoms with van der Waals surface area (Å²) in [6.07, 6.45) is 29.2. The predicted molar refractivity (Wildman–Crippen MR) is 130 cm³/mol. The third-order valence-corrected chi connectivity index (χ3v) is 6.52. The van der Waals surface area contributed by atoms with Crippen LogP contribution in [0.15, 0.2) is 0 Å². The molecule has 1 fully saturated rings. The van der Waals surface area contributed by atoms with Crippen LogP contribution in [0.2, 0.25) is 0 Å². The van der Waals surface area contributed by atoms with E-state index >= 15 is 0 Å². The van der Waals surface area contributed by atoms with Gasteiger partial charge in [0.15, 0.2) is 0 Å². The topological polar surface area (TPSA) is 15.8 Å². The quantitative estimate of drug-likeness (QED) is 0.117. The highest BCUT2D eigenvalue weighted by molar-refractivity contribution is 4.74. The van der Waals surface area contributed by atoms with Crippen molar-refractivity contribution in [2.24, 2.45) is 0 Å². The zero-order valence-electron chi connectivity index (χ0n) is 20.4. The summed E-state index contributed by atoms with van der Waals surface area (Å²) in [5.74, 6) is 0. The molecule has 0 saturated carbocycles. The van der Waals surface area contributed by atoms with Crippen molar-refractivity contribution >= 4 is 0 Å². The smallest absolute Gasteiger partial charge is 0.0936 e. The summed E-state index contributed by atoms with van der Waals surface area (Å²) in [5.41, 5.74) is 0. The summed E-state index contributed by atoms with van der Waals surface area (Å²) < 4.78 is 5.50. The van der Waals surface area contributed by atoms with Crippen LogP contribution >= 0.6 is 0 Å². The van der Waals surface area contributed by atoms with Crippen LogP contribution < -0.4 is 0 Å². The molecule has 1 aliphatic rings. The lowest BCUT2D eigenvalue weighted by Gasteiger charge is -2.21. The van der Waals surface area contributed by atoms with Crippen molar-refractivity contribution in [3.63, 3.8) is 0 Å². The zero-order chi connectivity index (χ0) is 20.8. The molecule has 0 spiro atoms. The van der Waals surface area contributed by atoms with Crippen LogP contribution in [0.4, 0.5) is 0 Å². The Hall–Kier alpha value is -0.0800. The Kier molecular flexibility index (Phi) is 19.7. The second kappa shape index (κ2) is 21.2. The maximum atomic E-state index is 5.50. The predicted octanol–water partition coefficient (Wildman–Crippen LogP) is 8.53. The Bertz CT molecular complexity index is 292. The fourth-order valence-corrected chi connectivity index (χ4v) is 4.40. The van der Waals surface area contributed by atoms with Gasteiger partial charge in [-0.1, -0.05) is 129 Å². The second-order valence-corrected chi connectivity index (χ2v) is 9.62. The average molecular weight is 410 g/mol. The van der Waals surface area contributed by atoms with Crippen molar-refractivity contribution < 1.29 is 4.74 Å². The molecular weight excluding hydrogens is 354 g/mol. The minimum Gasteiger partial charge on any atom is -0.372 e. The molecule has 0 aromatic heterocycles. The van der Waals surface area contributed by atoms with E-state index in [9.17, 15) is 0 Å². The summed E-state index contributed by atoms with van der Waals surface area (Å²) in [5, 5.41) is 0. The van der Waals surface area contributed by atoms with Gasteiger partial charge in [-0.2, -0.15) is 0 Å². The van der Waals surface area contributed by atoms with Crippen molar-refractivity contribution in [3.05, 3.63) is 0 Å². The lowest BCUT2D eigenvalue weighted by molar-refractivity contribution is 0.232. The Morgan fingerprint density at radius 1 is 0.517 bits per heavy atom. The molecule has 1 heterocycles. The van der Waals surface area contributed by atoms with Crippen LogP contribution in [0.25, 0.3) is 0 Å². The highest BCUT2D eigenvalue weighted by atomic mass is 16.6. The van der Waals surface area contributed by atoms with E-state index < -0.39 is 0 Å². The molecule has 0 aliphatic carbocycles. The fraction of sp³-hybridized carbons (Fsp3) is 1.00. The summed E-state index contributed by atoms with van der Waals surface area (Å²) in [7, 11) is 0. The highest BCUT2D eigenvalue weighted by Gasteiger charge is 2.24. The van der Waals surface area contributed by atoms with Crippen molar-refractivity contribution in [1.29, 1.82) is 0 Å². The largest absolute Gasteiger partial charge is 0.372 e. The first-order valence-electron chi connectivity index (χ1n) is 13.7. The van der Waals surface area contributed by atoms with Crippen molar-refractivity contribution in [2.75, 3.05) is 26.2 Å². The number of unbranched alkanes of at least 4 members (excludes halogenated alkanes) is 18. The molecule has 1 rings (SSSR count). The fourth-order valence-electron chi connectivity index (χ4n) is 4.40. The molecule has 0 N–H and O–H groups in total. The van der Waals surface area contributed by atoms with Crippen molar-refractivity contribution in [3.8, 4) is 0 Å². The Labute approximate surface area is 184 Å². The van der Waals surface area contributed by atoms with E-state index in [1.165, 1.54) is 148 Å². The standard InChI is InChI=1S/C27H55NO/c1-3-5-7-9-11-13-15-17-19-21-23-28(25-27-26-29-27)24-22-20-18-16-14-12-10-8-6-4-2/h27H,3-26H2,1-2H3. The van der Waals surface area contributed by atoms with Gasteiger partial charge in [0.2, 0.25) is 0 Å². The monoisotopic (exact) mass is 409 g/mol. The number of nitrogens with zero attached hydrogens (tertiary/aromatic N) is 1. The lowest BCUT2D eigenvalue weighted by atomic mass is 10.1. The van der Waals surface area contributed by atoms with Gasteiger partial charge < -0.3 is 9.64 Å². The third kappa shape index (κ3) is 19.6. The van der Waals surface area contributed by atoms with E-state index in [2.05, 4.69) is 18.7 Å². The minimum absolute atomic E-state index is 0.557.